The number of rotatable bonds is 49. The zero-order chi connectivity index (χ0) is 47.4. The zero-order valence-corrected chi connectivity index (χ0v) is 42.9. The monoisotopic (exact) mass is 908 g/mol. The van der Waals surface area contributed by atoms with E-state index in [2.05, 4.69) is 86.8 Å². The molecule has 3 unspecified atom stereocenters. The SMILES string of the molecule is CC/C=C\C/C=C\C/C=C\C/C=C\C/C=C\C/C=C\C(CC(=O)NC(CO)C(O)CCCCCCCCCCCCCC)OC(=O)CCCCCCCCCCCCCCCCCCC. The molecule has 0 aromatic carbocycles. The van der Waals surface area contributed by atoms with Crippen molar-refractivity contribution in [3.63, 3.8) is 0 Å². The molecule has 6 nitrogen and oxygen atoms in total. The molecule has 0 bridgehead atoms. The molecule has 0 aliphatic rings. The van der Waals surface area contributed by atoms with Crippen LogP contribution in [0.4, 0.5) is 0 Å². The number of amides is 1. The first-order chi connectivity index (χ1) is 32.0. The molecular formula is C59H105NO5. The van der Waals surface area contributed by atoms with Gasteiger partial charge in [0, 0.05) is 6.42 Å². The van der Waals surface area contributed by atoms with Gasteiger partial charge in [-0.3, -0.25) is 9.59 Å². The van der Waals surface area contributed by atoms with Crippen LogP contribution >= 0.6 is 0 Å². The highest BCUT2D eigenvalue weighted by atomic mass is 16.5. The Morgan fingerprint density at radius 3 is 1.17 bits per heavy atom. The van der Waals surface area contributed by atoms with Gasteiger partial charge in [-0.1, -0.05) is 267 Å². The summed E-state index contributed by atoms with van der Waals surface area (Å²) in [7, 11) is 0. The fourth-order valence-corrected chi connectivity index (χ4v) is 8.13. The van der Waals surface area contributed by atoms with E-state index in [0.717, 1.165) is 70.6 Å². The maximum atomic E-state index is 13.2. The Kier molecular flexibility index (Phi) is 50.1. The van der Waals surface area contributed by atoms with Crippen LogP contribution in [0.2, 0.25) is 0 Å². The van der Waals surface area contributed by atoms with Gasteiger partial charge in [-0.15, -0.1) is 0 Å². The van der Waals surface area contributed by atoms with Gasteiger partial charge in [-0.2, -0.15) is 0 Å². The van der Waals surface area contributed by atoms with E-state index in [9.17, 15) is 19.8 Å². The first-order valence-corrected chi connectivity index (χ1v) is 27.7. The number of esters is 1. The molecule has 0 heterocycles. The van der Waals surface area contributed by atoms with Crippen molar-refractivity contribution >= 4 is 11.9 Å². The van der Waals surface area contributed by atoms with Crippen molar-refractivity contribution in [1.82, 2.24) is 5.32 Å². The first kappa shape index (κ1) is 62.3. The molecule has 0 aromatic heterocycles. The van der Waals surface area contributed by atoms with Gasteiger partial charge in [0.05, 0.1) is 25.2 Å². The molecule has 6 heteroatoms. The van der Waals surface area contributed by atoms with Gasteiger partial charge >= 0.3 is 5.97 Å². The normalized spacial score (nSPS) is 13.7. The van der Waals surface area contributed by atoms with Crippen molar-refractivity contribution in [1.29, 1.82) is 0 Å². The molecule has 0 aliphatic carbocycles. The Labute approximate surface area is 402 Å². The summed E-state index contributed by atoms with van der Waals surface area (Å²) in [5, 5.41) is 23.7. The number of hydrogen-bond acceptors (Lipinski definition) is 5. The summed E-state index contributed by atoms with van der Waals surface area (Å²) in [5.41, 5.74) is 0. The van der Waals surface area contributed by atoms with Crippen LogP contribution in [0.5, 0.6) is 0 Å². The van der Waals surface area contributed by atoms with E-state index < -0.39 is 18.2 Å². The van der Waals surface area contributed by atoms with Crippen molar-refractivity contribution < 1.29 is 24.5 Å². The van der Waals surface area contributed by atoms with E-state index in [1.807, 2.05) is 12.2 Å². The first-order valence-electron chi connectivity index (χ1n) is 27.7. The second-order valence-corrected chi connectivity index (χ2v) is 18.6. The van der Waals surface area contributed by atoms with Crippen LogP contribution in [-0.4, -0.2) is 46.9 Å². The minimum atomic E-state index is -0.821. The minimum Gasteiger partial charge on any atom is -0.458 e. The van der Waals surface area contributed by atoms with Crippen molar-refractivity contribution in [3.8, 4) is 0 Å². The van der Waals surface area contributed by atoms with Crippen LogP contribution in [0.1, 0.15) is 265 Å². The lowest BCUT2D eigenvalue weighted by molar-refractivity contribution is -0.148. The van der Waals surface area contributed by atoms with Crippen LogP contribution in [-0.2, 0) is 14.3 Å². The molecule has 1 amide bonds. The summed E-state index contributed by atoms with van der Waals surface area (Å²) in [4.78, 5) is 26.2. The maximum Gasteiger partial charge on any atom is 0.306 e. The molecule has 65 heavy (non-hydrogen) atoms. The number of nitrogens with one attached hydrogen (secondary N) is 1. The van der Waals surface area contributed by atoms with Gasteiger partial charge in [0.1, 0.15) is 6.10 Å². The summed E-state index contributed by atoms with van der Waals surface area (Å²) >= 11 is 0. The Hall–Kier alpha value is -2.70. The highest BCUT2D eigenvalue weighted by Crippen LogP contribution is 2.17. The van der Waals surface area contributed by atoms with Crippen LogP contribution < -0.4 is 5.32 Å². The summed E-state index contributed by atoms with van der Waals surface area (Å²) in [6.07, 6.45) is 67.1. The topological polar surface area (TPSA) is 95.9 Å². The lowest BCUT2D eigenvalue weighted by atomic mass is 10.0. The minimum absolute atomic E-state index is 0.0468. The number of hydrogen-bond donors (Lipinski definition) is 3. The second-order valence-electron chi connectivity index (χ2n) is 18.6. The van der Waals surface area contributed by atoms with E-state index in [-0.39, 0.29) is 24.9 Å². The van der Waals surface area contributed by atoms with Crippen LogP contribution in [0, 0.1) is 0 Å². The van der Waals surface area contributed by atoms with Gasteiger partial charge in [0.15, 0.2) is 0 Å². The third-order valence-electron chi connectivity index (χ3n) is 12.3. The van der Waals surface area contributed by atoms with E-state index in [1.165, 1.54) is 148 Å². The van der Waals surface area contributed by atoms with Crippen molar-refractivity contribution in [2.24, 2.45) is 0 Å². The fourth-order valence-electron chi connectivity index (χ4n) is 8.13. The highest BCUT2D eigenvalue weighted by Gasteiger charge is 2.23. The maximum absolute atomic E-state index is 13.2. The molecule has 0 rings (SSSR count). The molecule has 0 spiro atoms. The number of carbonyl (C=O) groups excluding carboxylic acids is 2. The van der Waals surface area contributed by atoms with Crippen molar-refractivity contribution in [3.05, 3.63) is 72.9 Å². The summed E-state index contributed by atoms with van der Waals surface area (Å²) in [5.74, 6) is -0.623. The number of unbranched alkanes of at least 4 members (excludes halogenated alkanes) is 27. The quantitative estimate of drug-likeness (QED) is 0.0321. The largest absolute Gasteiger partial charge is 0.458 e. The molecule has 3 N–H and O–H groups in total. The Bertz CT molecular complexity index is 1200. The lowest BCUT2D eigenvalue weighted by Crippen LogP contribution is -2.46. The fraction of sp³-hybridized carbons (Fsp3) is 0.763. The zero-order valence-electron chi connectivity index (χ0n) is 42.9. The van der Waals surface area contributed by atoms with Crippen LogP contribution in [0.25, 0.3) is 0 Å². The molecular weight excluding hydrogens is 803 g/mol. The average molecular weight is 908 g/mol. The summed E-state index contributed by atoms with van der Waals surface area (Å²) in [6, 6.07) is -0.744. The lowest BCUT2D eigenvalue weighted by Gasteiger charge is -2.23. The van der Waals surface area contributed by atoms with Crippen LogP contribution in [0.15, 0.2) is 72.9 Å². The predicted octanol–water partition coefficient (Wildman–Crippen LogP) is 17.0. The molecule has 0 aliphatic heterocycles. The molecule has 376 valence electrons. The predicted molar refractivity (Wildman–Crippen MR) is 282 cm³/mol. The standard InChI is InChI=1S/C59H105NO5/c1-4-7-10-13-16-19-22-25-27-29-31-33-35-38-41-44-47-50-55(65-59(64)52-49-46-43-40-37-34-32-30-28-26-23-20-17-14-11-8-5-2)53-58(63)60-56(54-61)57(62)51-48-45-42-39-36-24-21-18-15-12-9-6-3/h7,10,16,19,25,27,31,33,38,41,47,50,55-57,61-62H,4-6,8-9,11-15,17-18,20-24,26,28-30,32,34-37,39-40,42-46,48-49,51-54H2,1-3H3,(H,60,63)/b10-7-,19-16-,27-25-,33-31-,41-38-,50-47-. The molecule has 0 aromatic rings. The van der Waals surface area contributed by atoms with Gasteiger partial charge in [-0.25, -0.2) is 0 Å². The van der Waals surface area contributed by atoms with E-state index >= 15 is 0 Å². The third-order valence-corrected chi connectivity index (χ3v) is 12.3. The molecule has 0 saturated carbocycles. The molecule has 0 radical (unpaired) electrons. The molecule has 3 atom stereocenters. The Morgan fingerprint density at radius 1 is 0.462 bits per heavy atom. The van der Waals surface area contributed by atoms with Crippen LogP contribution in [0.3, 0.4) is 0 Å². The summed E-state index contributed by atoms with van der Waals surface area (Å²) < 4.78 is 5.84. The van der Waals surface area contributed by atoms with Gasteiger partial charge in [0.2, 0.25) is 5.91 Å². The van der Waals surface area contributed by atoms with E-state index in [1.54, 1.807) is 0 Å². The van der Waals surface area contributed by atoms with E-state index in [0.29, 0.717) is 19.3 Å². The second kappa shape index (κ2) is 52.3. The third kappa shape index (κ3) is 47.6. The van der Waals surface area contributed by atoms with E-state index in [4.69, 9.17) is 4.74 Å². The summed E-state index contributed by atoms with van der Waals surface area (Å²) in [6.45, 7) is 6.35. The Morgan fingerprint density at radius 2 is 0.800 bits per heavy atom. The van der Waals surface area contributed by atoms with Crippen molar-refractivity contribution in [2.75, 3.05) is 6.61 Å². The number of aliphatic hydroxyl groups excluding tert-OH is 2. The highest BCUT2D eigenvalue weighted by molar-refractivity contribution is 5.78. The smallest absolute Gasteiger partial charge is 0.306 e. The Balaban J connectivity index is 4.72. The van der Waals surface area contributed by atoms with Crippen molar-refractivity contribution in [2.45, 2.75) is 283 Å². The average Bonchev–Trinajstić information content (AvgIpc) is 3.30. The molecule has 0 fully saturated rings. The van der Waals surface area contributed by atoms with Gasteiger partial charge in [-0.05, 0) is 57.4 Å². The van der Waals surface area contributed by atoms with Gasteiger partial charge < -0.3 is 20.3 Å². The van der Waals surface area contributed by atoms with Gasteiger partial charge in [0.25, 0.3) is 0 Å². The number of ether oxygens (including phenoxy) is 1. The number of carbonyl (C=O) groups is 2. The number of allylic oxidation sites excluding steroid dienone is 11. The number of aliphatic hydroxyl groups is 2. The molecule has 0 saturated heterocycles.